The number of rotatable bonds is 2. The van der Waals surface area contributed by atoms with E-state index >= 15 is 0 Å². The lowest BCUT2D eigenvalue weighted by Crippen LogP contribution is -2.51. The highest BCUT2D eigenvalue weighted by molar-refractivity contribution is 5.51. The topological polar surface area (TPSA) is 150 Å². The molecule has 0 aliphatic carbocycles. The average Bonchev–Trinajstić information content (AvgIpc) is 3.00. The van der Waals surface area contributed by atoms with E-state index in [2.05, 4.69) is 9.97 Å². The summed E-state index contributed by atoms with van der Waals surface area (Å²) in [4.78, 5) is 7.85. The zero-order valence-electron chi connectivity index (χ0n) is 11.7. The van der Waals surface area contributed by atoms with Gasteiger partial charge in [-0.1, -0.05) is 0 Å². The van der Waals surface area contributed by atoms with Gasteiger partial charge >= 0.3 is 0 Å². The van der Waals surface area contributed by atoms with Crippen molar-refractivity contribution in [3.05, 3.63) is 24.2 Å². The fourth-order valence-electron chi connectivity index (χ4n) is 2.82. The predicted octanol–water partition coefficient (Wildman–Crippen LogP) is -1.47. The molecular weight excluding hydrogens is 290 g/mol. The van der Waals surface area contributed by atoms with E-state index in [1.165, 1.54) is 29.9 Å². The summed E-state index contributed by atoms with van der Waals surface area (Å²) in [6, 6.07) is 3.43. The summed E-state index contributed by atoms with van der Waals surface area (Å²) in [7, 11) is 0. The molecule has 0 radical (unpaired) electrons. The number of aliphatic hydroxyl groups excluding tert-OH is 2. The second-order valence-corrected chi connectivity index (χ2v) is 5.41. The number of fused-ring (bicyclic) bond motifs is 1. The van der Waals surface area contributed by atoms with Gasteiger partial charge in [0.1, 0.15) is 35.9 Å². The van der Waals surface area contributed by atoms with Crippen molar-refractivity contribution < 1.29 is 20.1 Å². The van der Waals surface area contributed by atoms with E-state index in [1.807, 2.05) is 6.07 Å². The van der Waals surface area contributed by atoms with Gasteiger partial charge in [-0.3, -0.25) is 4.40 Å². The van der Waals surface area contributed by atoms with E-state index in [1.54, 1.807) is 0 Å². The number of aliphatic hydroxyl groups is 3. The van der Waals surface area contributed by atoms with Crippen molar-refractivity contribution in [3.63, 3.8) is 0 Å². The van der Waals surface area contributed by atoms with Gasteiger partial charge in [0.2, 0.25) is 11.5 Å². The van der Waals surface area contributed by atoms with Crippen molar-refractivity contribution in [3.8, 4) is 6.07 Å². The summed E-state index contributed by atoms with van der Waals surface area (Å²) < 4.78 is 6.95. The van der Waals surface area contributed by atoms with Gasteiger partial charge in [0.15, 0.2) is 0 Å². The minimum absolute atomic E-state index is 0.154. The first kappa shape index (κ1) is 14.7. The zero-order valence-corrected chi connectivity index (χ0v) is 11.7. The number of nitriles is 1. The van der Waals surface area contributed by atoms with Crippen molar-refractivity contribution in [2.75, 3.05) is 12.3 Å². The van der Waals surface area contributed by atoms with Gasteiger partial charge in [0.25, 0.3) is 0 Å². The Morgan fingerprint density at radius 2 is 2.27 bits per heavy atom. The number of ether oxygens (including phenoxy) is 1. The van der Waals surface area contributed by atoms with Crippen LogP contribution in [0.4, 0.5) is 5.95 Å². The number of nitrogen functional groups attached to an aromatic ring is 1. The molecule has 0 saturated carbocycles. The Bertz CT molecular complexity index is 767. The molecule has 22 heavy (non-hydrogen) atoms. The van der Waals surface area contributed by atoms with Crippen LogP contribution in [-0.4, -0.2) is 54.1 Å². The standard InChI is InChI=1S/C13H15N5O4/c1-12(21)10(20)8(4-19)22-13(12,5-14)7-2-9-16-6-17-11(15)18(9)3-7/h2-3,6,8,10,19-21H,4H2,1H3,(H2,15,16,17)/t8-,10-,12-,13+/m1/s1. The first-order chi connectivity index (χ1) is 10.4. The highest BCUT2D eigenvalue weighted by atomic mass is 16.6. The molecule has 0 bridgehead atoms. The summed E-state index contributed by atoms with van der Waals surface area (Å²) in [5.41, 5.74) is 2.63. The second-order valence-electron chi connectivity index (χ2n) is 5.41. The molecule has 1 fully saturated rings. The molecule has 2 aromatic heterocycles. The smallest absolute Gasteiger partial charge is 0.212 e. The number of hydrogen-bond donors (Lipinski definition) is 4. The lowest BCUT2D eigenvalue weighted by atomic mass is 9.79. The molecule has 1 saturated heterocycles. The summed E-state index contributed by atoms with van der Waals surface area (Å²) in [6.07, 6.45) is 0.228. The summed E-state index contributed by atoms with van der Waals surface area (Å²) in [5, 5.41) is 39.7. The minimum atomic E-state index is -1.93. The summed E-state index contributed by atoms with van der Waals surface area (Å²) in [6.45, 7) is 0.754. The fourth-order valence-corrected chi connectivity index (χ4v) is 2.82. The van der Waals surface area contributed by atoms with Gasteiger partial charge in [0, 0.05) is 11.8 Å². The first-order valence-electron chi connectivity index (χ1n) is 6.57. The Hall–Kier alpha value is -2.25. The van der Waals surface area contributed by atoms with Gasteiger partial charge in [-0.05, 0) is 13.0 Å². The molecule has 4 atom stereocenters. The molecule has 0 unspecified atom stereocenters. The van der Waals surface area contributed by atoms with Crippen LogP contribution < -0.4 is 5.73 Å². The fraction of sp³-hybridized carbons (Fsp3) is 0.462. The van der Waals surface area contributed by atoms with Gasteiger partial charge in [-0.15, -0.1) is 0 Å². The van der Waals surface area contributed by atoms with Gasteiger partial charge < -0.3 is 25.8 Å². The molecule has 1 aliphatic heterocycles. The van der Waals surface area contributed by atoms with Crippen LogP contribution >= 0.6 is 0 Å². The molecule has 5 N–H and O–H groups in total. The van der Waals surface area contributed by atoms with Crippen LogP contribution in [0.15, 0.2) is 18.6 Å². The molecule has 116 valence electrons. The Morgan fingerprint density at radius 3 is 2.82 bits per heavy atom. The largest absolute Gasteiger partial charge is 0.394 e. The predicted molar refractivity (Wildman–Crippen MR) is 73.3 cm³/mol. The molecule has 2 aromatic rings. The molecule has 3 rings (SSSR count). The highest BCUT2D eigenvalue weighted by Crippen LogP contribution is 2.47. The summed E-state index contributed by atoms with van der Waals surface area (Å²) >= 11 is 0. The maximum atomic E-state index is 10.6. The van der Waals surface area contributed by atoms with Gasteiger partial charge in [0.05, 0.1) is 6.61 Å². The maximum absolute atomic E-state index is 10.6. The highest BCUT2D eigenvalue weighted by Gasteiger charge is 2.64. The SMILES string of the molecule is C[C@@]1(O)[C@H](O)[C@@H](CO)O[C@@]1(C#N)c1cc2ncnc(N)n2c1. The Morgan fingerprint density at radius 1 is 1.55 bits per heavy atom. The quantitative estimate of drug-likeness (QED) is 0.525. The van der Waals surface area contributed by atoms with Crippen LogP contribution in [0.25, 0.3) is 5.65 Å². The molecule has 9 nitrogen and oxygen atoms in total. The van der Waals surface area contributed by atoms with Crippen LogP contribution in [0.1, 0.15) is 12.5 Å². The molecule has 9 heteroatoms. The third-order valence-corrected chi connectivity index (χ3v) is 4.14. The monoisotopic (exact) mass is 305 g/mol. The Labute approximate surface area is 125 Å². The molecule has 1 aliphatic rings. The van der Waals surface area contributed by atoms with E-state index in [4.69, 9.17) is 10.5 Å². The third-order valence-electron chi connectivity index (χ3n) is 4.14. The first-order valence-corrected chi connectivity index (χ1v) is 6.57. The molecule has 0 amide bonds. The van der Waals surface area contributed by atoms with Crippen LogP contribution in [0, 0.1) is 11.3 Å². The number of aromatic nitrogens is 3. The third kappa shape index (κ3) is 1.66. The van der Waals surface area contributed by atoms with E-state index in [9.17, 15) is 20.6 Å². The van der Waals surface area contributed by atoms with Crippen molar-refractivity contribution >= 4 is 11.6 Å². The number of hydrogen-bond acceptors (Lipinski definition) is 8. The van der Waals surface area contributed by atoms with Crippen molar-refractivity contribution in [1.29, 1.82) is 5.26 Å². The Kier molecular flexibility index (Phi) is 3.08. The summed E-state index contributed by atoms with van der Waals surface area (Å²) in [5.74, 6) is 0.154. The molecule has 0 aromatic carbocycles. The minimum Gasteiger partial charge on any atom is -0.394 e. The average molecular weight is 305 g/mol. The number of nitrogens with zero attached hydrogens (tertiary/aromatic N) is 4. The van der Waals surface area contributed by atoms with Gasteiger partial charge in [-0.2, -0.15) is 5.26 Å². The number of anilines is 1. The number of nitrogens with two attached hydrogens (primary N) is 1. The molecular formula is C13H15N5O4. The van der Waals surface area contributed by atoms with E-state index in [0.717, 1.165) is 0 Å². The van der Waals surface area contributed by atoms with Crippen molar-refractivity contribution in [2.24, 2.45) is 0 Å². The van der Waals surface area contributed by atoms with Crippen molar-refractivity contribution in [2.45, 2.75) is 30.3 Å². The van der Waals surface area contributed by atoms with Gasteiger partial charge in [-0.25, -0.2) is 9.97 Å². The van der Waals surface area contributed by atoms with Crippen LogP contribution in [0.5, 0.6) is 0 Å². The van der Waals surface area contributed by atoms with Crippen molar-refractivity contribution in [1.82, 2.24) is 14.4 Å². The van der Waals surface area contributed by atoms with Crippen LogP contribution in [-0.2, 0) is 10.3 Å². The lowest BCUT2D eigenvalue weighted by Gasteiger charge is -2.32. The normalized spacial score (nSPS) is 34.9. The lowest BCUT2D eigenvalue weighted by molar-refractivity contribution is -0.106. The van der Waals surface area contributed by atoms with E-state index < -0.39 is 30.0 Å². The second kappa shape index (κ2) is 4.62. The maximum Gasteiger partial charge on any atom is 0.212 e. The molecule has 0 spiro atoms. The Balaban J connectivity index is 2.21. The van der Waals surface area contributed by atoms with E-state index in [-0.39, 0.29) is 11.5 Å². The van der Waals surface area contributed by atoms with Crippen LogP contribution in [0.2, 0.25) is 0 Å². The molecule has 3 heterocycles. The van der Waals surface area contributed by atoms with E-state index in [0.29, 0.717) is 5.65 Å². The van der Waals surface area contributed by atoms with Crippen LogP contribution in [0.3, 0.4) is 0 Å². The zero-order chi connectivity index (χ0) is 16.1.